The zero-order chi connectivity index (χ0) is 15.8. The van der Waals surface area contributed by atoms with Crippen molar-refractivity contribution in [1.29, 1.82) is 0 Å². The number of hydrogen-bond donors (Lipinski definition) is 1. The molecular weight excluding hydrogens is 295 g/mol. The molecule has 0 bridgehead atoms. The van der Waals surface area contributed by atoms with E-state index in [9.17, 15) is 13.2 Å². The average Bonchev–Trinajstić information content (AvgIpc) is 2.72. The molecule has 20 heavy (non-hydrogen) atoms. The molecule has 0 spiro atoms. The van der Waals surface area contributed by atoms with Gasteiger partial charge in [-0.1, -0.05) is 20.3 Å². The lowest BCUT2D eigenvalue weighted by Crippen LogP contribution is -3.04. The van der Waals surface area contributed by atoms with Gasteiger partial charge in [0.2, 0.25) is 0 Å². The molecule has 1 unspecified atom stereocenters. The first-order chi connectivity index (χ1) is 9.13. The van der Waals surface area contributed by atoms with Crippen LogP contribution in [0.3, 0.4) is 0 Å². The van der Waals surface area contributed by atoms with Crippen molar-refractivity contribution < 1.29 is 31.0 Å². The Morgan fingerprint density at radius 2 is 1.80 bits per heavy atom. The second-order valence-corrected chi connectivity index (χ2v) is 5.70. The minimum Gasteiger partial charge on any atom is -0.741 e. The summed E-state index contributed by atoms with van der Waals surface area (Å²) in [5.41, 5.74) is -4.06. The summed E-state index contributed by atoms with van der Waals surface area (Å²) in [4.78, 5) is 1.57. The summed E-state index contributed by atoms with van der Waals surface area (Å²) >= 11 is 0. The summed E-state index contributed by atoms with van der Waals surface area (Å²) < 4.78 is 58.9. The van der Waals surface area contributed by atoms with Crippen molar-refractivity contribution in [3.05, 3.63) is 24.0 Å². The van der Waals surface area contributed by atoms with E-state index in [2.05, 4.69) is 32.2 Å². The molecule has 4 nitrogen and oxygen atoms in total. The number of halogens is 3. The summed E-state index contributed by atoms with van der Waals surface area (Å²) in [6, 6.07) is 0. The standard InChI is InChI=1S/C11H19N.CHF3O3S/c1-3-5-7-11-8-6-10-12(11)9-4-2;2-1(3,4)8(5,6)7/h6,8,10H,3-5,7,9H2,1-2H3;(H,5,6,7). The lowest BCUT2D eigenvalue weighted by Gasteiger charge is -2.12. The van der Waals surface area contributed by atoms with Crippen molar-refractivity contribution >= 4 is 10.1 Å². The second-order valence-electron chi connectivity index (χ2n) is 4.33. The SMILES string of the molecule is CCCCC1=CC=C[NH+]1CCC.O=S(=O)([O-])C(F)(F)F. The Labute approximate surface area is 117 Å². The van der Waals surface area contributed by atoms with E-state index in [0.29, 0.717) is 0 Å². The molecule has 0 fully saturated rings. The fraction of sp³-hybridized carbons (Fsp3) is 0.667. The highest BCUT2D eigenvalue weighted by Gasteiger charge is 2.36. The van der Waals surface area contributed by atoms with Crippen LogP contribution in [0.25, 0.3) is 0 Å². The summed E-state index contributed by atoms with van der Waals surface area (Å²) in [6.07, 6.45) is 11.9. The molecule has 1 rings (SSSR count). The molecule has 0 aromatic carbocycles. The van der Waals surface area contributed by atoms with Gasteiger partial charge in [0.15, 0.2) is 10.1 Å². The van der Waals surface area contributed by atoms with Gasteiger partial charge < -0.3 is 4.55 Å². The number of hydrogen-bond acceptors (Lipinski definition) is 3. The number of unbranched alkanes of at least 4 members (excludes halogenated alkanes) is 1. The van der Waals surface area contributed by atoms with Crippen LogP contribution < -0.4 is 4.90 Å². The Morgan fingerprint density at radius 3 is 2.20 bits per heavy atom. The maximum absolute atomic E-state index is 10.7. The molecule has 0 saturated heterocycles. The fourth-order valence-electron chi connectivity index (χ4n) is 1.62. The highest BCUT2D eigenvalue weighted by molar-refractivity contribution is 7.86. The molecule has 0 saturated carbocycles. The molecule has 0 aliphatic carbocycles. The highest BCUT2D eigenvalue weighted by Crippen LogP contribution is 2.20. The third-order valence-electron chi connectivity index (χ3n) is 2.61. The largest absolute Gasteiger partial charge is 0.741 e. The number of quaternary nitrogens is 1. The quantitative estimate of drug-likeness (QED) is 0.623. The third-order valence-corrected chi connectivity index (χ3v) is 3.18. The first-order valence-electron chi connectivity index (χ1n) is 6.39. The van der Waals surface area contributed by atoms with E-state index in [0.717, 1.165) is 0 Å². The first-order valence-corrected chi connectivity index (χ1v) is 7.79. The molecule has 1 N–H and O–H groups in total. The van der Waals surface area contributed by atoms with Crippen LogP contribution in [0.15, 0.2) is 24.0 Å². The molecule has 0 amide bonds. The van der Waals surface area contributed by atoms with Crippen LogP contribution in [-0.4, -0.2) is 25.0 Å². The van der Waals surface area contributed by atoms with E-state index in [1.54, 1.807) is 10.6 Å². The molecule has 8 heteroatoms. The van der Waals surface area contributed by atoms with E-state index >= 15 is 0 Å². The van der Waals surface area contributed by atoms with E-state index in [4.69, 9.17) is 13.0 Å². The predicted octanol–water partition coefficient (Wildman–Crippen LogP) is 1.93. The van der Waals surface area contributed by atoms with Gasteiger partial charge in [0, 0.05) is 12.5 Å². The normalized spacial score (nSPS) is 18.5. The van der Waals surface area contributed by atoms with E-state index in [-0.39, 0.29) is 0 Å². The van der Waals surface area contributed by atoms with Gasteiger partial charge in [-0.2, -0.15) is 13.2 Å². The van der Waals surface area contributed by atoms with Gasteiger partial charge in [0.05, 0.1) is 12.7 Å². The number of rotatable bonds is 5. The zero-order valence-electron chi connectivity index (χ0n) is 11.5. The smallest absolute Gasteiger partial charge is 0.485 e. The van der Waals surface area contributed by atoms with Crippen LogP contribution in [0.5, 0.6) is 0 Å². The number of allylic oxidation sites excluding steroid dienone is 3. The Hall–Kier alpha value is -0.860. The summed E-state index contributed by atoms with van der Waals surface area (Å²) in [7, 11) is -6.09. The Kier molecular flexibility index (Phi) is 8.07. The van der Waals surface area contributed by atoms with Crippen molar-refractivity contribution in [3.63, 3.8) is 0 Å². The van der Waals surface area contributed by atoms with Gasteiger partial charge in [0.1, 0.15) is 5.70 Å². The maximum atomic E-state index is 10.7. The lowest BCUT2D eigenvalue weighted by molar-refractivity contribution is -0.804. The van der Waals surface area contributed by atoms with Crippen LogP contribution >= 0.6 is 0 Å². The van der Waals surface area contributed by atoms with Crippen LogP contribution in [0.1, 0.15) is 39.5 Å². The second kappa shape index (κ2) is 8.43. The molecule has 1 aliphatic heterocycles. The molecule has 118 valence electrons. The number of alkyl halides is 3. The van der Waals surface area contributed by atoms with Crippen molar-refractivity contribution in [2.45, 2.75) is 45.0 Å². The summed E-state index contributed by atoms with van der Waals surface area (Å²) in [6.45, 7) is 5.76. The molecule has 0 radical (unpaired) electrons. The summed E-state index contributed by atoms with van der Waals surface area (Å²) in [5.74, 6) is 0. The summed E-state index contributed by atoms with van der Waals surface area (Å²) in [5, 5.41) is 0. The van der Waals surface area contributed by atoms with Crippen LogP contribution in [0, 0.1) is 0 Å². The molecule has 1 aliphatic rings. The molecule has 0 aromatic rings. The Balaban J connectivity index is 0.000000396. The lowest BCUT2D eigenvalue weighted by atomic mass is 10.2. The molecule has 1 heterocycles. The first kappa shape index (κ1) is 19.1. The zero-order valence-corrected chi connectivity index (χ0v) is 12.4. The molecule has 0 aromatic heterocycles. The van der Waals surface area contributed by atoms with Crippen LogP contribution in [0.4, 0.5) is 13.2 Å². The van der Waals surface area contributed by atoms with Gasteiger partial charge in [-0.3, -0.25) is 4.90 Å². The minimum absolute atomic E-state index is 1.26. The number of nitrogens with one attached hydrogen (secondary N) is 1. The average molecular weight is 315 g/mol. The van der Waals surface area contributed by atoms with Gasteiger partial charge in [-0.25, -0.2) is 8.42 Å². The van der Waals surface area contributed by atoms with E-state index in [1.807, 2.05) is 0 Å². The highest BCUT2D eigenvalue weighted by atomic mass is 32.2. The van der Waals surface area contributed by atoms with Crippen LogP contribution in [-0.2, 0) is 10.1 Å². The fourth-order valence-corrected chi connectivity index (χ4v) is 1.62. The maximum Gasteiger partial charge on any atom is 0.485 e. The molecule has 1 atom stereocenters. The van der Waals surface area contributed by atoms with Crippen molar-refractivity contribution in [2.75, 3.05) is 6.54 Å². The predicted molar refractivity (Wildman–Crippen MR) is 68.6 cm³/mol. The van der Waals surface area contributed by atoms with Crippen molar-refractivity contribution in [3.8, 4) is 0 Å². The Bertz CT molecular complexity index is 441. The van der Waals surface area contributed by atoms with Gasteiger partial charge in [0.25, 0.3) is 0 Å². The Morgan fingerprint density at radius 1 is 1.25 bits per heavy atom. The van der Waals surface area contributed by atoms with Gasteiger partial charge in [-0.05, 0) is 18.9 Å². The van der Waals surface area contributed by atoms with E-state index < -0.39 is 15.6 Å². The third kappa shape index (κ3) is 7.06. The topological polar surface area (TPSA) is 61.6 Å². The van der Waals surface area contributed by atoms with Crippen molar-refractivity contribution in [2.24, 2.45) is 0 Å². The van der Waals surface area contributed by atoms with E-state index in [1.165, 1.54) is 32.2 Å². The molecular formula is C12H20F3NO3S. The van der Waals surface area contributed by atoms with Gasteiger partial charge >= 0.3 is 5.51 Å². The van der Waals surface area contributed by atoms with Gasteiger partial charge in [-0.15, -0.1) is 0 Å². The van der Waals surface area contributed by atoms with Crippen molar-refractivity contribution in [1.82, 2.24) is 0 Å². The monoisotopic (exact) mass is 315 g/mol. The minimum atomic E-state index is -6.09. The van der Waals surface area contributed by atoms with Crippen LogP contribution in [0.2, 0.25) is 0 Å².